The van der Waals surface area contributed by atoms with Crippen LogP contribution in [0, 0.1) is 17.2 Å². The molecule has 104 valence electrons. The van der Waals surface area contributed by atoms with Crippen LogP contribution >= 0.6 is 0 Å². The maximum atomic E-state index is 12.2. The Balaban J connectivity index is 1.81. The minimum atomic E-state index is 0.00163. The summed E-state index contributed by atoms with van der Waals surface area (Å²) in [4.78, 5) is 14.2. The molecule has 1 N–H and O–H groups in total. The van der Waals surface area contributed by atoms with E-state index >= 15 is 0 Å². The van der Waals surface area contributed by atoms with Gasteiger partial charge in [0.2, 0.25) is 0 Å². The summed E-state index contributed by atoms with van der Waals surface area (Å²) in [6.07, 6.45) is 4.56. The molecule has 0 aromatic heterocycles. The topological polar surface area (TPSA) is 56.1 Å². The molecule has 1 aromatic rings. The largest absolute Gasteiger partial charge is 0.322 e. The number of nitriles is 1. The van der Waals surface area contributed by atoms with Crippen LogP contribution in [0.25, 0.3) is 0 Å². The first kappa shape index (κ1) is 13.0. The summed E-state index contributed by atoms with van der Waals surface area (Å²) >= 11 is 0. The highest BCUT2D eigenvalue weighted by molar-refractivity contribution is 5.92. The number of hydrogen-bond acceptors (Lipinski definition) is 2. The molecule has 0 unspecified atom stereocenters. The van der Waals surface area contributed by atoms with Gasteiger partial charge in [0, 0.05) is 18.3 Å². The van der Waals surface area contributed by atoms with E-state index in [0.717, 1.165) is 30.0 Å². The summed E-state index contributed by atoms with van der Waals surface area (Å²) in [5.41, 5.74) is 2.54. The van der Waals surface area contributed by atoms with E-state index in [-0.39, 0.29) is 6.03 Å². The third-order valence-electron chi connectivity index (χ3n) is 4.50. The van der Waals surface area contributed by atoms with Crippen LogP contribution in [-0.4, -0.2) is 17.0 Å². The normalized spacial score (nSPS) is 25.6. The minimum Gasteiger partial charge on any atom is -0.317 e. The fourth-order valence-corrected chi connectivity index (χ4v) is 3.21. The van der Waals surface area contributed by atoms with E-state index in [1.165, 1.54) is 12.8 Å². The molecule has 1 saturated carbocycles. The van der Waals surface area contributed by atoms with Crippen molar-refractivity contribution in [1.82, 2.24) is 4.90 Å². The first-order valence-corrected chi connectivity index (χ1v) is 7.28. The molecule has 2 amide bonds. The standard InChI is InChI=1S/C16H19N3O/c1-11-2-5-14(6-3-11)19-10-13-8-12(9-17)4-7-15(13)18-16(19)20/h4,7-8,11,14H,2-3,5-6,10H2,1H3,(H,18,20). The predicted molar refractivity (Wildman–Crippen MR) is 77.1 cm³/mol. The van der Waals surface area contributed by atoms with Crippen LogP contribution in [0.4, 0.5) is 10.5 Å². The van der Waals surface area contributed by atoms with Crippen molar-refractivity contribution in [1.29, 1.82) is 5.26 Å². The average molecular weight is 269 g/mol. The number of amides is 2. The number of benzene rings is 1. The van der Waals surface area contributed by atoms with Gasteiger partial charge in [0.25, 0.3) is 0 Å². The van der Waals surface area contributed by atoms with Gasteiger partial charge in [0.05, 0.1) is 11.6 Å². The van der Waals surface area contributed by atoms with E-state index in [2.05, 4.69) is 18.3 Å². The first-order valence-electron chi connectivity index (χ1n) is 7.28. The Morgan fingerprint density at radius 3 is 2.75 bits per heavy atom. The molecule has 1 aromatic carbocycles. The van der Waals surface area contributed by atoms with Crippen LogP contribution in [0.2, 0.25) is 0 Å². The second-order valence-electron chi connectivity index (χ2n) is 5.96. The zero-order valence-electron chi connectivity index (χ0n) is 11.7. The molecular weight excluding hydrogens is 250 g/mol. The SMILES string of the molecule is CC1CCC(N2Cc3cc(C#N)ccc3NC2=O)CC1. The van der Waals surface area contributed by atoms with Crippen LogP contribution in [-0.2, 0) is 6.54 Å². The third kappa shape index (κ3) is 2.36. The molecule has 0 atom stereocenters. The van der Waals surface area contributed by atoms with Crippen molar-refractivity contribution in [2.75, 3.05) is 5.32 Å². The summed E-state index contributed by atoms with van der Waals surface area (Å²) in [6, 6.07) is 7.95. The van der Waals surface area contributed by atoms with E-state index in [0.29, 0.717) is 18.2 Å². The monoisotopic (exact) mass is 269 g/mol. The highest BCUT2D eigenvalue weighted by Gasteiger charge is 2.31. The van der Waals surface area contributed by atoms with Gasteiger partial charge in [-0.1, -0.05) is 6.92 Å². The van der Waals surface area contributed by atoms with Gasteiger partial charge >= 0.3 is 6.03 Å². The van der Waals surface area contributed by atoms with E-state index < -0.39 is 0 Å². The highest BCUT2D eigenvalue weighted by Crippen LogP contribution is 2.32. The first-order chi connectivity index (χ1) is 9.67. The Kier molecular flexibility index (Phi) is 3.35. The number of fused-ring (bicyclic) bond motifs is 1. The molecule has 20 heavy (non-hydrogen) atoms. The summed E-state index contributed by atoms with van der Waals surface area (Å²) in [5, 5.41) is 11.9. The fourth-order valence-electron chi connectivity index (χ4n) is 3.21. The number of rotatable bonds is 1. The number of carbonyl (C=O) groups excluding carboxylic acids is 1. The quantitative estimate of drug-likeness (QED) is 0.848. The van der Waals surface area contributed by atoms with Crippen molar-refractivity contribution in [3.05, 3.63) is 29.3 Å². The lowest BCUT2D eigenvalue weighted by Gasteiger charge is -2.39. The van der Waals surface area contributed by atoms with E-state index in [9.17, 15) is 4.79 Å². The van der Waals surface area contributed by atoms with Crippen LogP contribution in [0.1, 0.15) is 43.7 Å². The number of nitrogens with zero attached hydrogens (tertiary/aromatic N) is 2. The summed E-state index contributed by atoms with van der Waals surface area (Å²) in [7, 11) is 0. The Labute approximate surface area is 119 Å². The van der Waals surface area contributed by atoms with Gasteiger partial charge in [-0.2, -0.15) is 5.26 Å². The van der Waals surface area contributed by atoms with Crippen LogP contribution in [0.5, 0.6) is 0 Å². The number of anilines is 1. The van der Waals surface area contributed by atoms with Crippen LogP contribution in [0.3, 0.4) is 0 Å². The lowest BCUT2D eigenvalue weighted by Crippen LogP contribution is -2.46. The van der Waals surface area contributed by atoms with Crippen molar-refractivity contribution in [2.45, 2.75) is 45.2 Å². The summed E-state index contributed by atoms with van der Waals surface area (Å²) in [5.74, 6) is 0.775. The Morgan fingerprint density at radius 1 is 1.30 bits per heavy atom. The zero-order chi connectivity index (χ0) is 14.1. The van der Waals surface area contributed by atoms with Crippen molar-refractivity contribution < 1.29 is 4.79 Å². The molecule has 0 radical (unpaired) electrons. The Hall–Kier alpha value is -2.02. The number of carbonyl (C=O) groups is 1. The molecule has 3 rings (SSSR count). The molecule has 1 aliphatic heterocycles. The third-order valence-corrected chi connectivity index (χ3v) is 4.50. The van der Waals surface area contributed by atoms with Crippen molar-refractivity contribution in [2.24, 2.45) is 5.92 Å². The highest BCUT2D eigenvalue weighted by atomic mass is 16.2. The maximum absolute atomic E-state index is 12.2. The molecule has 1 aliphatic carbocycles. The van der Waals surface area contributed by atoms with E-state index in [4.69, 9.17) is 5.26 Å². The molecule has 1 heterocycles. The van der Waals surface area contributed by atoms with Crippen LogP contribution < -0.4 is 5.32 Å². The molecule has 0 spiro atoms. The maximum Gasteiger partial charge on any atom is 0.322 e. The predicted octanol–water partition coefficient (Wildman–Crippen LogP) is 3.48. The molecule has 0 saturated heterocycles. The van der Waals surface area contributed by atoms with Gasteiger partial charge in [-0.25, -0.2) is 4.79 Å². The molecule has 0 bridgehead atoms. The molecule has 1 fully saturated rings. The van der Waals surface area contributed by atoms with Crippen molar-refractivity contribution in [3.63, 3.8) is 0 Å². The Bertz CT molecular complexity index is 568. The lowest BCUT2D eigenvalue weighted by atomic mass is 9.86. The van der Waals surface area contributed by atoms with Gasteiger partial charge in [-0.05, 0) is 55.4 Å². The van der Waals surface area contributed by atoms with Gasteiger partial charge in [0.1, 0.15) is 0 Å². The minimum absolute atomic E-state index is 0.00163. The van der Waals surface area contributed by atoms with Gasteiger partial charge in [0.15, 0.2) is 0 Å². The number of urea groups is 1. The second-order valence-corrected chi connectivity index (χ2v) is 5.96. The van der Waals surface area contributed by atoms with E-state index in [1.807, 2.05) is 17.0 Å². The van der Waals surface area contributed by atoms with Gasteiger partial charge in [-0.15, -0.1) is 0 Å². The summed E-state index contributed by atoms with van der Waals surface area (Å²) in [6.45, 7) is 2.90. The van der Waals surface area contributed by atoms with Gasteiger partial charge in [-0.3, -0.25) is 0 Å². The molecule has 4 heteroatoms. The van der Waals surface area contributed by atoms with Crippen molar-refractivity contribution >= 4 is 11.7 Å². The molecular formula is C16H19N3O. The van der Waals surface area contributed by atoms with Crippen LogP contribution in [0.15, 0.2) is 18.2 Å². The smallest absolute Gasteiger partial charge is 0.317 e. The van der Waals surface area contributed by atoms with Gasteiger partial charge < -0.3 is 10.2 Å². The fraction of sp³-hybridized carbons (Fsp3) is 0.500. The summed E-state index contributed by atoms with van der Waals surface area (Å²) < 4.78 is 0. The molecule has 4 nitrogen and oxygen atoms in total. The van der Waals surface area contributed by atoms with Crippen molar-refractivity contribution in [3.8, 4) is 6.07 Å². The Morgan fingerprint density at radius 2 is 2.05 bits per heavy atom. The second kappa shape index (κ2) is 5.16. The van der Waals surface area contributed by atoms with E-state index in [1.54, 1.807) is 6.07 Å². The molecule has 2 aliphatic rings. The average Bonchev–Trinajstić information content (AvgIpc) is 2.47. The lowest BCUT2D eigenvalue weighted by molar-refractivity contribution is 0.149. The number of nitrogens with one attached hydrogen (secondary N) is 1. The number of hydrogen-bond donors (Lipinski definition) is 1. The zero-order valence-corrected chi connectivity index (χ0v) is 11.7.